The Labute approximate surface area is 188 Å². The van der Waals surface area contributed by atoms with Gasteiger partial charge < -0.3 is 14.2 Å². The van der Waals surface area contributed by atoms with Crippen LogP contribution < -0.4 is 4.90 Å². The highest BCUT2D eigenvalue weighted by Crippen LogP contribution is 2.46. The molecule has 1 aromatic heterocycles. The van der Waals surface area contributed by atoms with Crippen molar-refractivity contribution in [1.82, 2.24) is 5.16 Å². The largest absolute Gasteiger partial charge is 0.376 e. The van der Waals surface area contributed by atoms with Crippen LogP contribution in [0.5, 0.6) is 0 Å². The van der Waals surface area contributed by atoms with Crippen LogP contribution >= 0.6 is 11.6 Å². The monoisotopic (exact) mass is 435 g/mol. The maximum atomic E-state index is 9.19. The van der Waals surface area contributed by atoms with Gasteiger partial charge in [-0.1, -0.05) is 22.8 Å². The Bertz CT molecular complexity index is 1120. The number of aryl methyl sites for hydroxylation is 1. The van der Waals surface area contributed by atoms with Gasteiger partial charge in [0, 0.05) is 40.9 Å². The van der Waals surface area contributed by atoms with E-state index in [1.807, 2.05) is 49.4 Å². The van der Waals surface area contributed by atoms with E-state index in [2.05, 4.69) is 36.9 Å². The summed E-state index contributed by atoms with van der Waals surface area (Å²) in [5.41, 5.74) is 5.37. The molecule has 2 aromatic carbocycles. The average Bonchev–Trinajstić information content (AvgIpc) is 3.04. The number of fused-ring (bicyclic) bond motifs is 3. The van der Waals surface area contributed by atoms with Crippen molar-refractivity contribution in [3.05, 3.63) is 64.5 Å². The smallest absolute Gasteiger partial charge is 0.149 e. The lowest BCUT2D eigenvalue weighted by Gasteiger charge is -2.28. The Morgan fingerprint density at radius 3 is 2.65 bits per heavy atom. The minimum atomic E-state index is -0.200. The Hall–Kier alpha value is -2.81. The molecule has 0 saturated carbocycles. The van der Waals surface area contributed by atoms with Gasteiger partial charge in [0.25, 0.3) is 0 Å². The molecule has 31 heavy (non-hydrogen) atoms. The van der Waals surface area contributed by atoms with Gasteiger partial charge in [0.2, 0.25) is 0 Å². The standard InChI is InChI=1S/C25H26ClN3O2/c1-16-23-21-10-7-19(26)13-22(21)29(20-8-5-17(14-27)6-9-20)15-18(24(23)31-28-16)11-12-30-25(2,3)4/h5-10,13,18H,11-12,15H2,1-4H3. The van der Waals surface area contributed by atoms with Gasteiger partial charge in [-0.3, -0.25) is 0 Å². The van der Waals surface area contributed by atoms with Crippen LogP contribution in [0.1, 0.15) is 50.1 Å². The van der Waals surface area contributed by atoms with E-state index < -0.39 is 0 Å². The summed E-state index contributed by atoms with van der Waals surface area (Å²) in [6.45, 7) is 9.46. The molecule has 5 nitrogen and oxygen atoms in total. The zero-order valence-corrected chi connectivity index (χ0v) is 19.0. The molecule has 1 aliphatic heterocycles. The third-order valence-electron chi connectivity index (χ3n) is 5.49. The maximum absolute atomic E-state index is 9.19. The lowest BCUT2D eigenvalue weighted by molar-refractivity contribution is -0.00668. The number of benzene rings is 2. The first-order valence-electron chi connectivity index (χ1n) is 10.4. The summed E-state index contributed by atoms with van der Waals surface area (Å²) in [7, 11) is 0. The topological polar surface area (TPSA) is 62.3 Å². The molecule has 0 spiro atoms. The molecular formula is C25H26ClN3O2. The summed E-state index contributed by atoms with van der Waals surface area (Å²) in [6, 6.07) is 15.7. The zero-order valence-electron chi connectivity index (χ0n) is 18.3. The van der Waals surface area contributed by atoms with Crippen molar-refractivity contribution in [3.63, 3.8) is 0 Å². The van der Waals surface area contributed by atoms with Crippen molar-refractivity contribution < 1.29 is 9.26 Å². The second-order valence-corrected chi connectivity index (χ2v) is 9.32. The molecule has 1 aliphatic rings. The summed E-state index contributed by atoms with van der Waals surface area (Å²) >= 11 is 6.41. The van der Waals surface area contributed by atoms with E-state index in [0.29, 0.717) is 23.7 Å². The van der Waals surface area contributed by atoms with E-state index >= 15 is 0 Å². The lowest BCUT2D eigenvalue weighted by Crippen LogP contribution is -2.25. The van der Waals surface area contributed by atoms with Crippen molar-refractivity contribution in [2.75, 3.05) is 18.1 Å². The number of hydrogen-bond acceptors (Lipinski definition) is 5. The predicted octanol–water partition coefficient (Wildman–Crippen LogP) is 6.62. The number of hydrogen-bond donors (Lipinski definition) is 0. The van der Waals surface area contributed by atoms with Crippen LogP contribution in [0.2, 0.25) is 5.02 Å². The first-order valence-corrected chi connectivity index (χ1v) is 10.8. The second kappa shape index (κ2) is 8.37. The molecule has 2 heterocycles. The maximum Gasteiger partial charge on any atom is 0.149 e. The van der Waals surface area contributed by atoms with E-state index in [1.165, 1.54) is 0 Å². The highest BCUT2D eigenvalue weighted by molar-refractivity contribution is 6.31. The van der Waals surface area contributed by atoms with Gasteiger partial charge in [-0.25, -0.2) is 0 Å². The van der Waals surface area contributed by atoms with Crippen molar-refractivity contribution >= 4 is 23.0 Å². The summed E-state index contributed by atoms with van der Waals surface area (Å²) in [5.74, 6) is 0.968. The summed E-state index contributed by atoms with van der Waals surface area (Å²) in [6.07, 6.45) is 0.799. The quantitative estimate of drug-likeness (QED) is 0.461. The van der Waals surface area contributed by atoms with Crippen molar-refractivity contribution in [3.8, 4) is 17.2 Å². The molecule has 1 unspecified atom stereocenters. The van der Waals surface area contributed by atoms with Crippen LogP contribution in [-0.2, 0) is 4.74 Å². The molecule has 0 radical (unpaired) electrons. The van der Waals surface area contributed by atoms with Gasteiger partial charge in [-0.15, -0.1) is 0 Å². The van der Waals surface area contributed by atoms with Crippen LogP contribution in [0.4, 0.5) is 11.4 Å². The van der Waals surface area contributed by atoms with Crippen LogP contribution in [0.25, 0.3) is 11.1 Å². The van der Waals surface area contributed by atoms with E-state index in [0.717, 1.165) is 40.4 Å². The number of ether oxygens (including phenoxy) is 1. The average molecular weight is 436 g/mol. The molecule has 0 N–H and O–H groups in total. The molecule has 3 aromatic rings. The molecule has 0 fully saturated rings. The van der Waals surface area contributed by atoms with E-state index in [1.54, 1.807) is 0 Å². The molecule has 1 atom stereocenters. The first-order chi connectivity index (χ1) is 14.8. The van der Waals surface area contributed by atoms with Crippen molar-refractivity contribution in [2.45, 2.75) is 45.6 Å². The molecule has 4 rings (SSSR count). The van der Waals surface area contributed by atoms with Crippen LogP contribution in [0, 0.1) is 18.3 Å². The van der Waals surface area contributed by atoms with Crippen LogP contribution in [-0.4, -0.2) is 23.9 Å². The number of nitrogens with zero attached hydrogens (tertiary/aromatic N) is 3. The second-order valence-electron chi connectivity index (χ2n) is 8.88. The lowest BCUT2D eigenvalue weighted by atomic mass is 9.95. The highest BCUT2D eigenvalue weighted by Gasteiger charge is 2.33. The fraction of sp³-hybridized carbons (Fsp3) is 0.360. The first kappa shape index (κ1) is 21.4. The normalized spacial score (nSPS) is 15.7. The SMILES string of the molecule is Cc1noc2c1-c1ccc(Cl)cc1N(c1ccc(C#N)cc1)CC2CCOC(C)(C)C. The predicted molar refractivity (Wildman–Crippen MR) is 123 cm³/mol. The minimum absolute atomic E-state index is 0.0837. The molecule has 0 bridgehead atoms. The molecule has 0 saturated heterocycles. The van der Waals surface area contributed by atoms with Gasteiger partial charge in [-0.05, 0) is 70.5 Å². The van der Waals surface area contributed by atoms with Crippen molar-refractivity contribution in [1.29, 1.82) is 5.26 Å². The number of aromatic nitrogens is 1. The van der Waals surface area contributed by atoms with Crippen molar-refractivity contribution in [2.24, 2.45) is 0 Å². The Balaban J connectivity index is 1.80. The third kappa shape index (κ3) is 4.46. The number of nitriles is 1. The third-order valence-corrected chi connectivity index (χ3v) is 5.73. The number of anilines is 2. The molecule has 0 amide bonds. The Morgan fingerprint density at radius 1 is 1.23 bits per heavy atom. The molecule has 160 valence electrons. The summed E-state index contributed by atoms with van der Waals surface area (Å²) < 4.78 is 11.9. The zero-order chi connectivity index (χ0) is 22.2. The fourth-order valence-corrected chi connectivity index (χ4v) is 4.19. The van der Waals surface area contributed by atoms with Gasteiger partial charge >= 0.3 is 0 Å². The Morgan fingerprint density at radius 2 is 1.97 bits per heavy atom. The molecule has 0 aliphatic carbocycles. The summed E-state index contributed by atoms with van der Waals surface area (Å²) in [4.78, 5) is 2.25. The highest BCUT2D eigenvalue weighted by atomic mass is 35.5. The fourth-order valence-electron chi connectivity index (χ4n) is 4.02. The minimum Gasteiger partial charge on any atom is -0.376 e. The van der Waals surface area contributed by atoms with Gasteiger partial charge in [0.15, 0.2) is 0 Å². The van der Waals surface area contributed by atoms with Gasteiger partial charge in [0.05, 0.1) is 28.6 Å². The number of halogens is 1. The van der Waals surface area contributed by atoms with Crippen LogP contribution in [0.15, 0.2) is 47.0 Å². The van der Waals surface area contributed by atoms with E-state index in [9.17, 15) is 5.26 Å². The molecule has 6 heteroatoms. The summed E-state index contributed by atoms with van der Waals surface area (Å²) in [5, 5.41) is 14.1. The van der Waals surface area contributed by atoms with E-state index in [4.69, 9.17) is 20.9 Å². The number of rotatable bonds is 4. The van der Waals surface area contributed by atoms with Gasteiger partial charge in [0.1, 0.15) is 5.76 Å². The molecular weight excluding hydrogens is 410 g/mol. The van der Waals surface area contributed by atoms with Gasteiger partial charge in [-0.2, -0.15) is 5.26 Å². The Kier molecular flexibility index (Phi) is 5.79. The van der Waals surface area contributed by atoms with E-state index in [-0.39, 0.29) is 11.5 Å². The van der Waals surface area contributed by atoms with Crippen LogP contribution in [0.3, 0.4) is 0 Å².